The molecule has 21 heavy (non-hydrogen) atoms. The van der Waals surface area contributed by atoms with Gasteiger partial charge in [-0.05, 0) is 6.42 Å². The Morgan fingerprint density at radius 3 is 2.86 bits per heavy atom. The monoisotopic (exact) mass is 312 g/mol. The quantitative estimate of drug-likeness (QED) is 0.431. The fraction of sp³-hybridized carbons (Fsp3) is 0.333. The SMILES string of the molecule is Nc1c(Cl)cc([N+](=O)[O-])cc1C(=O)NCC1CCC(=O)N1. The van der Waals surface area contributed by atoms with E-state index in [-0.39, 0.29) is 40.5 Å². The summed E-state index contributed by atoms with van der Waals surface area (Å²) in [5, 5.41) is 16.0. The Hall–Kier alpha value is -2.35. The van der Waals surface area contributed by atoms with Gasteiger partial charge in [-0.25, -0.2) is 0 Å². The third-order valence-corrected chi connectivity index (χ3v) is 3.48. The molecule has 112 valence electrons. The van der Waals surface area contributed by atoms with E-state index in [2.05, 4.69) is 10.6 Å². The van der Waals surface area contributed by atoms with Crippen LogP contribution in [0, 0.1) is 10.1 Å². The largest absolute Gasteiger partial charge is 0.397 e. The summed E-state index contributed by atoms with van der Waals surface area (Å²) in [6.45, 7) is 0.227. The van der Waals surface area contributed by atoms with Gasteiger partial charge in [-0.1, -0.05) is 11.6 Å². The lowest BCUT2D eigenvalue weighted by Gasteiger charge is -2.12. The summed E-state index contributed by atoms with van der Waals surface area (Å²) in [6.07, 6.45) is 1.05. The highest BCUT2D eigenvalue weighted by Crippen LogP contribution is 2.28. The first-order valence-corrected chi connectivity index (χ1v) is 6.57. The Bertz CT molecular complexity index is 620. The summed E-state index contributed by atoms with van der Waals surface area (Å²) < 4.78 is 0. The number of anilines is 1. The van der Waals surface area contributed by atoms with Crippen molar-refractivity contribution >= 4 is 34.8 Å². The van der Waals surface area contributed by atoms with Crippen LogP contribution >= 0.6 is 11.6 Å². The molecule has 0 spiro atoms. The van der Waals surface area contributed by atoms with Gasteiger partial charge in [0, 0.05) is 31.1 Å². The molecule has 1 aromatic carbocycles. The van der Waals surface area contributed by atoms with E-state index in [4.69, 9.17) is 17.3 Å². The molecule has 4 N–H and O–H groups in total. The van der Waals surface area contributed by atoms with Gasteiger partial charge in [0.2, 0.25) is 5.91 Å². The van der Waals surface area contributed by atoms with Crippen LogP contribution in [0.4, 0.5) is 11.4 Å². The molecule has 1 heterocycles. The minimum Gasteiger partial charge on any atom is -0.397 e. The van der Waals surface area contributed by atoms with Crippen molar-refractivity contribution < 1.29 is 14.5 Å². The van der Waals surface area contributed by atoms with E-state index in [9.17, 15) is 19.7 Å². The summed E-state index contributed by atoms with van der Waals surface area (Å²) in [5.41, 5.74) is 5.29. The summed E-state index contributed by atoms with van der Waals surface area (Å²) in [5.74, 6) is -0.633. The average molecular weight is 313 g/mol. The first-order valence-electron chi connectivity index (χ1n) is 6.19. The number of nitrogens with one attached hydrogen (secondary N) is 2. The number of amides is 2. The van der Waals surface area contributed by atoms with Gasteiger partial charge in [0.25, 0.3) is 11.6 Å². The first-order chi connectivity index (χ1) is 9.88. The number of nitrogen functional groups attached to an aromatic ring is 1. The fourth-order valence-corrected chi connectivity index (χ4v) is 2.25. The summed E-state index contributed by atoms with van der Waals surface area (Å²) >= 11 is 5.79. The molecule has 9 heteroatoms. The van der Waals surface area contributed by atoms with Crippen molar-refractivity contribution in [2.75, 3.05) is 12.3 Å². The lowest BCUT2D eigenvalue weighted by Crippen LogP contribution is -2.38. The highest BCUT2D eigenvalue weighted by atomic mass is 35.5. The number of hydrogen-bond acceptors (Lipinski definition) is 5. The number of carbonyl (C=O) groups is 2. The van der Waals surface area contributed by atoms with E-state index >= 15 is 0 Å². The highest BCUT2D eigenvalue weighted by Gasteiger charge is 2.23. The third kappa shape index (κ3) is 3.40. The zero-order valence-corrected chi connectivity index (χ0v) is 11.6. The molecule has 1 atom stereocenters. The number of nitro benzene ring substituents is 1. The average Bonchev–Trinajstić information content (AvgIpc) is 2.84. The van der Waals surface area contributed by atoms with Crippen molar-refractivity contribution in [3.05, 3.63) is 32.8 Å². The van der Waals surface area contributed by atoms with Crippen molar-refractivity contribution in [3.8, 4) is 0 Å². The summed E-state index contributed by atoms with van der Waals surface area (Å²) in [6, 6.07) is 2.02. The van der Waals surface area contributed by atoms with Crippen molar-refractivity contribution in [2.24, 2.45) is 0 Å². The molecule has 1 aliphatic rings. The summed E-state index contributed by atoms with van der Waals surface area (Å²) in [7, 11) is 0. The minimum absolute atomic E-state index is 0.0183. The second-order valence-electron chi connectivity index (χ2n) is 4.66. The van der Waals surface area contributed by atoms with E-state index in [1.54, 1.807) is 0 Å². The molecule has 0 radical (unpaired) electrons. The second kappa shape index (κ2) is 5.96. The maximum Gasteiger partial charge on any atom is 0.271 e. The predicted octanol–water partition coefficient (Wildman–Crippen LogP) is 0.839. The number of benzene rings is 1. The molecule has 0 bridgehead atoms. The van der Waals surface area contributed by atoms with Crippen LogP contribution in [0.2, 0.25) is 5.02 Å². The Morgan fingerprint density at radius 1 is 1.57 bits per heavy atom. The molecule has 1 aliphatic heterocycles. The molecule has 0 saturated carbocycles. The lowest BCUT2D eigenvalue weighted by atomic mass is 10.1. The van der Waals surface area contributed by atoms with E-state index < -0.39 is 10.8 Å². The predicted molar refractivity (Wildman–Crippen MR) is 76.0 cm³/mol. The second-order valence-corrected chi connectivity index (χ2v) is 5.07. The maximum absolute atomic E-state index is 12.0. The molecule has 2 amide bonds. The van der Waals surface area contributed by atoms with Crippen molar-refractivity contribution in [3.63, 3.8) is 0 Å². The van der Waals surface area contributed by atoms with Gasteiger partial charge in [-0.2, -0.15) is 0 Å². The smallest absolute Gasteiger partial charge is 0.271 e. The molecule has 1 unspecified atom stereocenters. The zero-order chi connectivity index (χ0) is 15.6. The number of nitrogens with two attached hydrogens (primary N) is 1. The Kier molecular flexibility index (Phi) is 4.27. The van der Waals surface area contributed by atoms with Crippen LogP contribution in [0.25, 0.3) is 0 Å². The summed E-state index contributed by atoms with van der Waals surface area (Å²) in [4.78, 5) is 33.2. The van der Waals surface area contributed by atoms with Crippen molar-refractivity contribution in [1.29, 1.82) is 0 Å². The van der Waals surface area contributed by atoms with Gasteiger partial charge in [0.05, 0.1) is 21.2 Å². The van der Waals surface area contributed by atoms with E-state index in [0.29, 0.717) is 12.8 Å². The van der Waals surface area contributed by atoms with Crippen LogP contribution in [0.5, 0.6) is 0 Å². The van der Waals surface area contributed by atoms with Gasteiger partial charge in [-0.3, -0.25) is 19.7 Å². The molecule has 0 aromatic heterocycles. The van der Waals surface area contributed by atoms with Crippen LogP contribution in [0.3, 0.4) is 0 Å². The van der Waals surface area contributed by atoms with Crippen LogP contribution in [-0.4, -0.2) is 29.3 Å². The molecule has 2 rings (SSSR count). The highest BCUT2D eigenvalue weighted by molar-refractivity contribution is 6.34. The third-order valence-electron chi connectivity index (χ3n) is 3.16. The number of nitro groups is 1. The molecule has 1 aromatic rings. The number of carbonyl (C=O) groups excluding carboxylic acids is 2. The van der Waals surface area contributed by atoms with Crippen LogP contribution < -0.4 is 16.4 Å². The standard InChI is InChI=1S/C12H13ClN4O4/c13-9-4-7(17(20)21)3-8(11(9)14)12(19)15-5-6-1-2-10(18)16-6/h3-4,6H,1-2,5,14H2,(H,15,19)(H,16,18). The maximum atomic E-state index is 12.0. The molecular formula is C12H13ClN4O4. The normalized spacial score (nSPS) is 17.4. The zero-order valence-electron chi connectivity index (χ0n) is 10.9. The Morgan fingerprint density at radius 2 is 2.29 bits per heavy atom. The molecule has 1 saturated heterocycles. The minimum atomic E-state index is -0.653. The van der Waals surface area contributed by atoms with Gasteiger partial charge in [-0.15, -0.1) is 0 Å². The Balaban J connectivity index is 2.11. The number of non-ortho nitro benzene ring substituents is 1. The molecule has 1 fully saturated rings. The van der Waals surface area contributed by atoms with Crippen LogP contribution in [-0.2, 0) is 4.79 Å². The van der Waals surface area contributed by atoms with Crippen molar-refractivity contribution in [1.82, 2.24) is 10.6 Å². The lowest BCUT2D eigenvalue weighted by molar-refractivity contribution is -0.384. The van der Waals surface area contributed by atoms with Gasteiger partial charge in [0.15, 0.2) is 0 Å². The van der Waals surface area contributed by atoms with E-state index in [0.717, 1.165) is 12.1 Å². The van der Waals surface area contributed by atoms with E-state index in [1.807, 2.05) is 0 Å². The molecule has 8 nitrogen and oxygen atoms in total. The van der Waals surface area contributed by atoms with Crippen molar-refractivity contribution in [2.45, 2.75) is 18.9 Å². The van der Waals surface area contributed by atoms with Gasteiger partial charge < -0.3 is 16.4 Å². The van der Waals surface area contributed by atoms with Gasteiger partial charge in [0.1, 0.15) is 0 Å². The fourth-order valence-electron chi connectivity index (χ4n) is 2.04. The number of halogens is 1. The number of nitrogens with zero attached hydrogens (tertiary/aromatic N) is 1. The number of rotatable bonds is 4. The number of hydrogen-bond donors (Lipinski definition) is 3. The van der Waals surface area contributed by atoms with Crippen LogP contribution in [0.1, 0.15) is 23.2 Å². The molecule has 0 aliphatic carbocycles. The van der Waals surface area contributed by atoms with E-state index in [1.165, 1.54) is 0 Å². The van der Waals surface area contributed by atoms with Gasteiger partial charge >= 0.3 is 0 Å². The topological polar surface area (TPSA) is 127 Å². The van der Waals surface area contributed by atoms with Crippen LogP contribution in [0.15, 0.2) is 12.1 Å². The first kappa shape index (κ1) is 15.0. The Labute approximate surface area is 124 Å². The molecular weight excluding hydrogens is 300 g/mol.